The van der Waals surface area contributed by atoms with E-state index in [-0.39, 0.29) is 0 Å². The number of unbranched alkanes of at least 4 members (excludes halogenated alkanes) is 7. The fourth-order valence-corrected chi connectivity index (χ4v) is 6.61. The van der Waals surface area contributed by atoms with Crippen LogP contribution in [0.15, 0.2) is 30.0 Å². The van der Waals surface area contributed by atoms with E-state index in [2.05, 4.69) is 54.0 Å². The minimum Gasteiger partial charge on any atom is -0.371 e. The van der Waals surface area contributed by atoms with E-state index in [1.54, 1.807) is 0 Å². The Hall–Kier alpha value is -1.28. The molecule has 32 heavy (non-hydrogen) atoms. The lowest BCUT2D eigenvalue weighted by Crippen LogP contribution is -2.47. The zero-order chi connectivity index (χ0) is 22.2. The van der Waals surface area contributed by atoms with E-state index in [0.29, 0.717) is 0 Å². The fourth-order valence-electron chi connectivity index (χ4n) is 6.61. The summed E-state index contributed by atoms with van der Waals surface area (Å²) < 4.78 is 0. The Morgan fingerprint density at radius 2 is 1.47 bits per heavy atom. The first-order valence-electron chi connectivity index (χ1n) is 14.0. The van der Waals surface area contributed by atoms with Crippen LogP contribution >= 0.6 is 0 Å². The Labute approximate surface area is 198 Å². The maximum atomic E-state index is 2.84. The molecule has 0 amide bonds. The first-order chi connectivity index (χ1) is 15.7. The van der Waals surface area contributed by atoms with Crippen LogP contribution in [0.2, 0.25) is 0 Å². The Morgan fingerprint density at radius 3 is 2.25 bits per heavy atom. The number of nitrogens with zero attached hydrogens (tertiary/aromatic N) is 2. The van der Waals surface area contributed by atoms with Crippen LogP contribution in [-0.2, 0) is 6.54 Å². The molecule has 3 atom stereocenters. The Kier molecular flexibility index (Phi) is 9.14. The smallest absolute Gasteiger partial charge is 0.0432 e. The van der Waals surface area contributed by atoms with Gasteiger partial charge in [0.05, 0.1) is 0 Å². The predicted octanol–water partition coefficient (Wildman–Crippen LogP) is 7.88. The molecular formula is C30H48N2. The van der Waals surface area contributed by atoms with E-state index in [1.807, 2.05) is 0 Å². The molecule has 3 unspecified atom stereocenters. The molecule has 2 heteroatoms. The summed E-state index contributed by atoms with van der Waals surface area (Å²) in [7, 11) is 0. The Morgan fingerprint density at radius 1 is 0.812 bits per heavy atom. The van der Waals surface area contributed by atoms with Crippen molar-refractivity contribution >= 4 is 6.08 Å². The van der Waals surface area contributed by atoms with Gasteiger partial charge in [0.15, 0.2) is 0 Å². The van der Waals surface area contributed by atoms with Crippen molar-refractivity contribution in [2.45, 2.75) is 110 Å². The molecule has 2 nitrogen and oxygen atoms in total. The summed E-state index contributed by atoms with van der Waals surface area (Å²) in [5.41, 5.74) is 4.33. The second-order valence-corrected chi connectivity index (χ2v) is 11.1. The van der Waals surface area contributed by atoms with E-state index in [4.69, 9.17) is 0 Å². The largest absolute Gasteiger partial charge is 0.371 e. The molecule has 0 radical (unpaired) electrons. The number of fused-ring (bicyclic) bond motifs is 2. The molecule has 1 saturated heterocycles. The van der Waals surface area contributed by atoms with Crippen LogP contribution in [0.1, 0.15) is 108 Å². The molecule has 2 heterocycles. The lowest BCUT2D eigenvalue weighted by Gasteiger charge is -2.45. The van der Waals surface area contributed by atoms with Gasteiger partial charge in [-0.05, 0) is 75.1 Å². The molecule has 0 bridgehead atoms. The van der Waals surface area contributed by atoms with E-state index in [0.717, 1.165) is 24.4 Å². The summed E-state index contributed by atoms with van der Waals surface area (Å²) in [6, 6.07) is 9.68. The second kappa shape index (κ2) is 12.3. The number of rotatable bonds is 11. The Balaban J connectivity index is 1.00. The van der Waals surface area contributed by atoms with Crippen molar-refractivity contribution in [1.82, 2.24) is 9.80 Å². The van der Waals surface area contributed by atoms with Crippen molar-refractivity contribution in [3.63, 3.8) is 0 Å². The quantitative estimate of drug-likeness (QED) is 0.325. The molecule has 0 spiro atoms. The maximum absolute atomic E-state index is 2.84. The highest BCUT2D eigenvalue weighted by molar-refractivity contribution is 5.58. The molecule has 178 valence electrons. The third-order valence-corrected chi connectivity index (χ3v) is 8.71. The highest BCUT2D eigenvalue weighted by atomic mass is 15.2. The van der Waals surface area contributed by atoms with Crippen molar-refractivity contribution in [2.75, 3.05) is 19.6 Å². The first-order valence-corrected chi connectivity index (χ1v) is 14.0. The predicted molar refractivity (Wildman–Crippen MR) is 139 cm³/mol. The van der Waals surface area contributed by atoms with E-state index in [9.17, 15) is 0 Å². The van der Waals surface area contributed by atoms with E-state index in [1.165, 1.54) is 120 Å². The second-order valence-electron chi connectivity index (χ2n) is 11.1. The average molecular weight is 437 g/mol. The van der Waals surface area contributed by atoms with E-state index >= 15 is 0 Å². The highest BCUT2D eigenvalue weighted by Gasteiger charge is 2.34. The highest BCUT2D eigenvalue weighted by Crippen LogP contribution is 2.38. The Bertz CT molecular complexity index is 723. The topological polar surface area (TPSA) is 6.48 Å². The van der Waals surface area contributed by atoms with Gasteiger partial charge in [0.25, 0.3) is 0 Å². The molecular weight excluding hydrogens is 388 g/mol. The molecule has 4 rings (SSSR count). The molecule has 1 aromatic carbocycles. The molecule has 1 aromatic rings. The zero-order valence-corrected chi connectivity index (χ0v) is 21.0. The molecule has 1 aliphatic carbocycles. The van der Waals surface area contributed by atoms with Crippen LogP contribution in [-0.4, -0.2) is 35.5 Å². The number of benzene rings is 1. The lowest BCUT2D eigenvalue weighted by atomic mass is 9.73. The molecule has 3 aliphatic rings. The third kappa shape index (κ3) is 6.62. The van der Waals surface area contributed by atoms with Gasteiger partial charge in [0.2, 0.25) is 0 Å². The van der Waals surface area contributed by atoms with Gasteiger partial charge in [-0.1, -0.05) is 82.1 Å². The van der Waals surface area contributed by atoms with Crippen LogP contribution in [0.25, 0.3) is 6.08 Å². The van der Waals surface area contributed by atoms with Crippen LogP contribution in [0.3, 0.4) is 0 Å². The van der Waals surface area contributed by atoms with Gasteiger partial charge in [-0.2, -0.15) is 0 Å². The van der Waals surface area contributed by atoms with Gasteiger partial charge < -0.3 is 9.80 Å². The van der Waals surface area contributed by atoms with Crippen LogP contribution in [0.4, 0.5) is 0 Å². The summed E-state index contributed by atoms with van der Waals surface area (Å²) in [4.78, 5) is 5.40. The van der Waals surface area contributed by atoms with Crippen molar-refractivity contribution in [2.24, 2.45) is 11.8 Å². The van der Waals surface area contributed by atoms with Crippen LogP contribution < -0.4 is 0 Å². The lowest BCUT2D eigenvalue weighted by molar-refractivity contribution is 0.0451. The molecule has 2 fully saturated rings. The molecule has 2 aliphatic heterocycles. The van der Waals surface area contributed by atoms with Gasteiger partial charge in [0.1, 0.15) is 0 Å². The summed E-state index contributed by atoms with van der Waals surface area (Å²) in [5.74, 6) is 2.08. The van der Waals surface area contributed by atoms with Gasteiger partial charge in [0, 0.05) is 31.4 Å². The number of piperidine rings is 1. The number of allylic oxidation sites excluding steroid dienone is 1. The minimum atomic E-state index is 0.834. The summed E-state index contributed by atoms with van der Waals surface area (Å²) in [6.07, 6.45) is 21.2. The summed E-state index contributed by atoms with van der Waals surface area (Å²) in [5, 5.41) is 0. The summed E-state index contributed by atoms with van der Waals surface area (Å²) in [6.45, 7) is 9.83. The van der Waals surface area contributed by atoms with Gasteiger partial charge >= 0.3 is 0 Å². The number of hydrogen-bond donors (Lipinski definition) is 0. The zero-order valence-electron chi connectivity index (χ0n) is 21.0. The minimum absolute atomic E-state index is 0.834. The van der Waals surface area contributed by atoms with E-state index < -0.39 is 0 Å². The summed E-state index contributed by atoms with van der Waals surface area (Å²) >= 11 is 0. The molecule has 1 saturated carbocycles. The SMILES string of the molecule is CC1=Cc2ccccc2CN1CCCCCCCCCCN1CC2CCCCC2CC1C. The fraction of sp³-hybridized carbons (Fsp3) is 0.733. The normalized spacial score (nSPS) is 25.9. The standard InChI is InChI=1S/C30H48N2/c1-25-21-27-15-9-11-17-29(27)23-31(25)19-13-7-5-3-4-6-8-14-20-32-24-30-18-12-10-16-28(30)22-26(32)2/h9,11,15,17,21,26,28,30H,3-8,10,12-14,16,18-20,22-24H2,1-2H3. The monoisotopic (exact) mass is 436 g/mol. The molecule has 0 aromatic heterocycles. The number of hydrogen-bond acceptors (Lipinski definition) is 2. The third-order valence-electron chi connectivity index (χ3n) is 8.71. The average Bonchev–Trinajstić information content (AvgIpc) is 2.80. The molecule has 0 N–H and O–H groups in total. The van der Waals surface area contributed by atoms with Crippen molar-refractivity contribution in [3.8, 4) is 0 Å². The van der Waals surface area contributed by atoms with Crippen molar-refractivity contribution in [3.05, 3.63) is 41.1 Å². The van der Waals surface area contributed by atoms with Gasteiger partial charge in [-0.25, -0.2) is 0 Å². The van der Waals surface area contributed by atoms with Crippen LogP contribution in [0.5, 0.6) is 0 Å². The van der Waals surface area contributed by atoms with Gasteiger partial charge in [-0.15, -0.1) is 0 Å². The van der Waals surface area contributed by atoms with Crippen molar-refractivity contribution in [1.29, 1.82) is 0 Å². The van der Waals surface area contributed by atoms with Crippen LogP contribution in [0, 0.1) is 11.8 Å². The van der Waals surface area contributed by atoms with Crippen molar-refractivity contribution < 1.29 is 0 Å². The maximum Gasteiger partial charge on any atom is 0.0432 e. The number of likely N-dealkylation sites (tertiary alicyclic amines) is 1. The van der Waals surface area contributed by atoms with Gasteiger partial charge in [-0.3, -0.25) is 0 Å². The first kappa shape index (κ1) is 23.9.